The first-order chi connectivity index (χ1) is 16.3. The van der Waals surface area contributed by atoms with E-state index in [1.54, 1.807) is 24.3 Å². The zero-order valence-electron chi connectivity index (χ0n) is 19.0. The largest absolute Gasteiger partial charge is 0.480 e. The molecular formula is C27H30N2O5. The van der Waals surface area contributed by atoms with Gasteiger partial charge in [-0.2, -0.15) is 0 Å². The van der Waals surface area contributed by atoms with Crippen LogP contribution >= 0.6 is 0 Å². The van der Waals surface area contributed by atoms with E-state index in [1.807, 2.05) is 30.3 Å². The van der Waals surface area contributed by atoms with Gasteiger partial charge in [0.15, 0.2) is 0 Å². The third-order valence-electron chi connectivity index (χ3n) is 6.03. The van der Waals surface area contributed by atoms with Gasteiger partial charge in [0.25, 0.3) is 5.91 Å². The van der Waals surface area contributed by atoms with Gasteiger partial charge in [-0.05, 0) is 61.9 Å². The number of carbonyl (C=O) groups is 3. The number of carboxylic acids is 1. The molecule has 34 heavy (non-hydrogen) atoms. The van der Waals surface area contributed by atoms with Crippen molar-refractivity contribution in [3.8, 4) is 11.8 Å². The van der Waals surface area contributed by atoms with Crippen LogP contribution in [-0.2, 0) is 16.1 Å². The number of nitrogens with two attached hydrogens (primary N) is 1. The lowest BCUT2D eigenvalue weighted by molar-refractivity contribution is -0.143. The summed E-state index contributed by atoms with van der Waals surface area (Å²) in [7, 11) is 0. The number of rotatable bonds is 8. The lowest BCUT2D eigenvalue weighted by atomic mass is 9.88. The molecule has 1 aliphatic rings. The molecule has 1 aliphatic carbocycles. The van der Waals surface area contributed by atoms with Gasteiger partial charge >= 0.3 is 5.97 Å². The topological polar surface area (TPSA) is 121 Å². The molecule has 7 nitrogen and oxygen atoms in total. The van der Waals surface area contributed by atoms with Crippen molar-refractivity contribution in [3.05, 3.63) is 71.3 Å². The first kappa shape index (κ1) is 25.0. The second kappa shape index (κ2) is 12.0. The summed E-state index contributed by atoms with van der Waals surface area (Å²) < 4.78 is 0. The predicted molar refractivity (Wildman–Crippen MR) is 127 cm³/mol. The van der Waals surface area contributed by atoms with Gasteiger partial charge in [-0.15, -0.1) is 0 Å². The quantitative estimate of drug-likeness (QED) is 0.521. The lowest BCUT2D eigenvalue weighted by Crippen LogP contribution is -2.45. The molecule has 4 N–H and O–H groups in total. The Balaban J connectivity index is 1.79. The third kappa shape index (κ3) is 7.19. The molecular weight excluding hydrogens is 432 g/mol. The molecule has 0 spiro atoms. The average Bonchev–Trinajstić information content (AvgIpc) is 2.83. The van der Waals surface area contributed by atoms with Crippen LogP contribution in [0.1, 0.15) is 60.0 Å². The molecule has 0 heterocycles. The summed E-state index contributed by atoms with van der Waals surface area (Å²) >= 11 is 0. The van der Waals surface area contributed by atoms with E-state index in [-0.39, 0.29) is 31.4 Å². The van der Waals surface area contributed by atoms with Crippen LogP contribution in [0.25, 0.3) is 0 Å². The minimum Gasteiger partial charge on any atom is -0.480 e. The first-order valence-corrected chi connectivity index (χ1v) is 11.5. The molecule has 0 unspecified atom stereocenters. The van der Waals surface area contributed by atoms with Crippen LogP contribution < -0.4 is 5.73 Å². The maximum absolute atomic E-state index is 13.4. The van der Waals surface area contributed by atoms with E-state index in [4.69, 9.17) is 5.73 Å². The van der Waals surface area contributed by atoms with Gasteiger partial charge in [-0.3, -0.25) is 9.59 Å². The van der Waals surface area contributed by atoms with Crippen molar-refractivity contribution in [1.82, 2.24) is 4.90 Å². The molecule has 1 fully saturated rings. The van der Waals surface area contributed by atoms with E-state index in [0.29, 0.717) is 5.56 Å². The van der Waals surface area contributed by atoms with Crippen molar-refractivity contribution >= 4 is 17.8 Å². The summed E-state index contributed by atoms with van der Waals surface area (Å²) in [4.78, 5) is 37.9. The summed E-state index contributed by atoms with van der Waals surface area (Å²) in [6, 6.07) is 14.7. The van der Waals surface area contributed by atoms with Crippen LogP contribution in [0, 0.1) is 17.8 Å². The number of hydrogen-bond donors (Lipinski definition) is 3. The Bertz CT molecular complexity index is 1050. The van der Waals surface area contributed by atoms with Crippen LogP contribution in [-0.4, -0.2) is 45.0 Å². The number of amides is 2. The maximum atomic E-state index is 13.4. The Morgan fingerprint density at radius 3 is 2.24 bits per heavy atom. The molecule has 3 rings (SSSR count). The van der Waals surface area contributed by atoms with Gasteiger partial charge in [-0.25, -0.2) is 4.79 Å². The van der Waals surface area contributed by atoms with Crippen LogP contribution in [0.2, 0.25) is 0 Å². The van der Waals surface area contributed by atoms with Crippen LogP contribution in [0.3, 0.4) is 0 Å². The van der Waals surface area contributed by atoms with Gasteiger partial charge in [0.1, 0.15) is 6.04 Å². The Kier molecular flexibility index (Phi) is 8.83. The van der Waals surface area contributed by atoms with Crippen molar-refractivity contribution in [1.29, 1.82) is 0 Å². The predicted octanol–water partition coefficient (Wildman–Crippen LogP) is 2.95. The molecule has 0 aromatic heterocycles. The number of carboxylic acid groups (broad SMARTS) is 1. The molecule has 1 atom stereocenters. The number of nitrogens with zero attached hydrogens (tertiary/aromatic N) is 1. The molecule has 2 aromatic carbocycles. The Hall–Kier alpha value is -3.63. The van der Waals surface area contributed by atoms with E-state index in [9.17, 15) is 24.6 Å². The smallest absolute Gasteiger partial charge is 0.326 e. The van der Waals surface area contributed by atoms with Gasteiger partial charge in [0.2, 0.25) is 5.91 Å². The minimum atomic E-state index is -1.19. The van der Waals surface area contributed by atoms with Crippen molar-refractivity contribution in [3.63, 3.8) is 0 Å². The summed E-state index contributed by atoms with van der Waals surface area (Å²) in [5, 5.41) is 19.4. The van der Waals surface area contributed by atoms with E-state index in [1.165, 1.54) is 4.90 Å². The zero-order chi connectivity index (χ0) is 24.5. The number of aliphatic hydroxyl groups is 1. The highest BCUT2D eigenvalue weighted by molar-refractivity contribution is 5.96. The molecule has 2 aromatic rings. The summed E-state index contributed by atoms with van der Waals surface area (Å²) in [6.07, 6.45) is 2.86. The van der Waals surface area contributed by atoms with E-state index in [2.05, 4.69) is 11.8 Å². The fourth-order valence-corrected chi connectivity index (χ4v) is 4.06. The maximum Gasteiger partial charge on any atom is 0.326 e. The monoisotopic (exact) mass is 462 g/mol. The number of aliphatic hydroxyl groups excluding tert-OH is 1. The molecule has 0 saturated heterocycles. The summed E-state index contributed by atoms with van der Waals surface area (Å²) in [5.74, 6) is 4.39. The first-order valence-electron chi connectivity index (χ1n) is 11.5. The fourth-order valence-electron chi connectivity index (χ4n) is 4.06. The van der Waals surface area contributed by atoms with Gasteiger partial charge in [-0.1, -0.05) is 42.2 Å². The molecule has 178 valence electrons. The number of aliphatic carboxylic acids is 1. The van der Waals surface area contributed by atoms with Crippen molar-refractivity contribution in [2.24, 2.45) is 11.7 Å². The van der Waals surface area contributed by atoms with Gasteiger partial charge < -0.3 is 20.8 Å². The molecule has 2 amide bonds. The van der Waals surface area contributed by atoms with E-state index >= 15 is 0 Å². The number of primary amides is 1. The van der Waals surface area contributed by atoms with Crippen LogP contribution in [0.4, 0.5) is 0 Å². The number of hydrogen-bond acceptors (Lipinski definition) is 4. The Labute approximate surface area is 199 Å². The van der Waals surface area contributed by atoms with E-state index in [0.717, 1.165) is 36.8 Å². The second-order valence-corrected chi connectivity index (χ2v) is 8.63. The SMILES string of the molecule is NC(=O)CC[C@@H](C(=O)O)N(Cc1ccccc1)C(=O)c1ccc(C#CC2CCC(O)CC2)cc1. The fraction of sp³-hybridized carbons (Fsp3) is 0.370. The van der Waals surface area contributed by atoms with E-state index < -0.39 is 23.8 Å². The van der Waals surface area contributed by atoms with Crippen LogP contribution in [0.15, 0.2) is 54.6 Å². The van der Waals surface area contributed by atoms with Crippen molar-refractivity contribution < 1.29 is 24.6 Å². The highest BCUT2D eigenvalue weighted by Crippen LogP contribution is 2.23. The number of benzene rings is 2. The highest BCUT2D eigenvalue weighted by Gasteiger charge is 2.30. The Morgan fingerprint density at radius 2 is 1.65 bits per heavy atom. The molecule has 1 saturated carbocycles. The zero-order valence-corrected chi connectivity index (χ0v) is 19.0. The molecule has 0 bridgehead atoms. The van der Waals surface area contributed by atoms with Crippen molar-refractivity contribution in [2.45, 2.75) is 57.2 Å². The average molecular weight is 463 g/mol. The minimum absolute atomic E-state index is 0.0666. The third-order valence-corrected chi connectivity index (χ3v) is 6.03. The Morgan fingerprint density at radius 1 is 1.00 bits per heavy atom. The van der Waals surface area contributed by atoms with Crippen molar-refractivity contribution in [2.75, 3.05) is 0 Å². The number of carbonyl (C=O) groups excluding carboxylic acids is 2. The lowest BCUT2D eigenvalue weighted by Gasteiger charge is -2.29. The van der Waals surface area contributed by atoms with Gasteiger partial charge in [0.05, 0.1) is 6.10 Å². The normalized spacial score (nSPS) is 18.3. The molecule has 0 radical (unpaired) electrons. The summed E-state index contributed by atoms with van der Waals surface area (Å²) in [5.41, 5.74) is 7.11. The molecule has 0 aliphatic heterocycles. The van der Waals surface area contributed by atoms with Gasteiger partial charge in [0, 0.05) is 30.0 Å². The second-order valence-electron chi connectivity index (χ2n) is 8.63. The standard InChI is InChI=1S/C27H30N2O5/c28-25(31)17-16-24(27(33)34)29(18-21-4-2-1-3-5-21)26(32)22-12-8-19(9-13-22)6-7-20-10-14-23(30)15-11-20/h1-5,8-9,12-13,20,23-24,30H,10-11,14-18H2,(H2,28,31)(H,33,34)/t20?,23?,24-/m0/s1. The van der Waals surface area contributed by atoms with Crippen LogP contribution in [0.5, 0.6) is 0 Å². The molecule has 7 heteroatoms. The summed E-state index contributed by atoms with van der Waals surface area (Å²) in [6.45, 7) is 0.0878. The highest BCUT2D eigenvalue weighted by atomic mass is 16.4.